The zero-order valence-electron chi connectivity index (χ0n) is 13.7. The van der Waals surface area contributed by atoms with Crippen molar-refractivity contribution < 1.29 is 0 Å². The lowest BCUT2D eigenvalue weighted by molar-refractivity contribution is 0.163. The van der Waals surface area contributed by atoms with Crippen LogP contribution in [0.4, 0.5) is 0 Å². The minimum atomic E-state index is 0.665. The molecule has 118 valence electrons. The van der Waals surface area contributed by atoms with Crippen molar-refractivity contribution >= 4 is 0 Å². The fourth-order valence-corrected chi connectivity index (χ4v) is 4.45. The number of rotatable bonds is 6. The van der Waals surface area contributed by atoms with Gasteiger partial charge >= 0.3 is 0 Å². The Kier molecular flexibility index (Phi) is 7.37. The molecule has 2 heteroatoms. The summed E-state index contributed by atoms with van der Waals surface area (Å²) in [6.07, 6.45) is 15.7. The van der Waals surface area contributed by atoms with E-state index in [0.29, 0.717) is 6.04 Å². The summed E-state index contributed by atoms with van der Waals surface area (Å²) in [4.78, 5) is 2.74. The average molecular weight is 280 g/mol. The minimum Gasteiger partial charge on any atom is -0.329 e. The molecule has 2 N–H and O–H groups in total. The first-order valence-corrected chi connectivity index (χ1v) is 9.27. The highest BCUT2D eigenvalue weighted by Gasteiger charge is 2.25. The maximum atomic E-state index is 6.12. The topological polar surface area (TPSA) is 29.3 Å². The summed E-state index contributed by atoms with van der Waals surface area (Å²) >= 11 is 0. The lowest BCUT2D eigenvalue weighted by Crippen LogP contribution is -2.42. The standard InChI is InChI=1S/C18H36N2/c1-2-7-16-10-6-12-20(13-11-16)18(15-19)14-17-8-4-3-5-9-17/h16-18H,2-15,19H2,1H3. The van der Waals surface area contributed by atoms with E-state index in [9.17, 15) is 0 Å². The second kappa shape index (κ2) is 9.04. The SMILES string of the molecule is CCCC1CCCN(C(CN)CC2CCCCC2)CC1. The fourth-order valence-electron chi connectivity index (χ4n) is 4.45. The molecule has 2 nitrogen and oxygen atoms in total. The molecule has 20 heavy (non-hydrogen) atoms. The lowest BCUT2D eigenvalue weighted by atomic mass is 9.84. The molecule has 0 aromatic rings. The van der Waals surface area contributed by atoms with Gasteiger partial charge in [0.2, 0.25) is 0 Å². The van der Waals surface area contributed by atoms with E-state index < -0.39 is 0 Å². The van der Waals surface area contributed by atoms with Crippen molar-refractivity contribution in [1.82, 2.24) is 4.90 Å². The molecule has 2 aliphatic rings. The van der Waals surface area contributed by atoms with Crippen LogP contribution in [0.5, 0.6) is 0 Å². The van der Waals surface area contributed by atoms with Gasteiger partial charge in [0.1, 0.15) is 0 Å². The van der Waals surface area contributed by atoms with E-state index in [1.807, 2.05) is 0 Å². The quantitative estimate of drug-likeness (QED) is 0.790. The molecule has 1 aliphatic heterocycles. The predicted octanol–water partition coefficient (Wildman–Crippen LogP) is 4.19. The predicted molar refractivity (Wildman–Crippen MR) is 87.9 cm³/mol. The number of likely N-dealkylation sites (tertiary alicyclic amines) is 1. The summed E-state index contributed by atoms with van der Waals surface area (Å²) in [5.41, 5.74) is 6.12. The smallest absolute Gasteiger partial charge is 0.0221 e. The Morgan fingerprint density at radius 2 is 1.70 bits per heavy atom. The van der Waals surface area contributed by atoms with Crippen LogP contribution in [0.1, 0.15) is 77.6 Å². The largest absolute Gasteiger partial charge is 0.329 e. The molecule has 1 saturated heterocycles. The third kappa shape index (κ3) is 5.04. The number of nitrogens with two attached hydrogens (primary N) is 1. The van der Waals surface area contributed by atoms with Crippen molar-refractivity contribution in [2.24, 2.45) is 17.6 Å². The molecular formula is C18H36N2. The van der Waals surface area contributed by atoms with E-state index in [2.05, 4.69) is 11.8 Å². The highest BCUT2D eigenvalue weighted by Crippen LogP contribution is 2.30. The average Bonchev–Trinajstić information content (AvgIpc) is 2.72. The second-order valence-electron chi connectivity index (χ2n) is 7.25. The Bertz CT molecular complexity index is 248. The molecule has 0 radical (unpaired) electrons. The van der Waals surface area contributed by atoms with Gasteiger partial charge in [0, 0.05) is 12.6 Å². The molecule has 2 unspecified atom stereocenters. The summed E-state index contributed by atoms with van der Waals surface area (Å²) < 4.78 is 0. The third-order valence-electron chi connectivity index (χ3n) is 5.70. The Morgan fingerprint density at radius 1 is 0.950 bits per heavy atom. The van der Waals surface area contributed by atoms with E-state index in [1.54, 1.807) is 0 Å². The molecule has 0 aromatic heterocycles. The van der Waals surface area contributed by atoms with Gasteiger partial charge in [-0.1, -0.05) is 51.9 Å². The van der Waals surface area contributed by atoms with Gasteiger partial charge in [-0.15, -0.1) is 0 Å². The summed E-state index contributed by atoms with van der Waals surface area (Å²) in [6.45, 7) is 5.80. The Hall–Kier alpha value is -0.0800. The highest BCUT2D eigenvalue weighted by molar-refractivity contribution is 4.80. The molecular weight excluding hydrogens is 244 g/mol. The van der Waals surface area contributed by atoms with Gasteiger partial charge < -0.3 is 5.73 Å². The zero-order valence-corrected chi connectivity index (χ0v) is 13.7. The molecule has 1 aliphatic carbocycles. The van der Waals surface area contributed by atoms with Gasteiger partial charge in [0.05, 0.1) is 0 Å². The third-order valence-corrected chi connectivity index (χ3v) is 5.70. The maximum Gasteiger partial charge on any atom is 0.0221 e. The van der Waals surface area contributed by atoms with Crippen LogP contribution >= 0.6 is 0 Å². The van der Waals surface area contributed by atoms with Crippen LogP contribution in [0, 0.1) is 11.8 Å². The van der Waals surface area contributed by atoms with Crippen LogP contribution in [0.3, 0.4) is 0 Å². The molecule has 1 saturated carbocycles. The first kappa shape index (κ1) is 16.3. The van der Waals surface area contributed by atoms with E-state index in [0.717, 1.165) is 18.4 Å². The molecule has 2 rings (SSSR count). The van der Waals surface area contributed by atoms with Crippen molar-refractivity contribution in [2.75, 3.05) is 19.6 Å². The molecule has 2 fully saturated rings. The van der Waals surface area contributed by atoms with Crippen LogP contribution < -0.4 is 5.73 Å². The second-order valence-corrected chi connectivity index (χ2v) is 7.25. The van der Waals surface area contributed by atoms with Gasteiger partial charge in [-0.3, -0.25) is 4.90 Å². The fraction of sp³-hybridized carbons (Fsp3) is 1.00. The molecule has 0 amide bonds. The Balaban J connectivity index is 1.80. The minimum absolute atomic E-state index is 0.665. The van der Waals surface area contributed by atoms with E-state index in [1.165, 1.54) is 83.7 Å². The van der Waals surface area contributed by atoms with Crippen molar-refractivity contribution in [3.05, 3.63) is 0 Å². The van der Waals surface area contributed by atoms with Crippen molar-refractivity contribution in [2.45, 2.75) is 83.6 Å². The van der Waals surface area contributed by atoms with Crippen LogP contribution in [0.25, 0.3) is 0 Å². The Labute approximate surface area is 126 Å². The van der Waals surface area contributed by atoms with E-state index in [-0.39, 0.29) is 0 Å². The molecule has 1 heterocycles. The maximum absolute atomic E-state index is 6.12. The van der Waals surface area contributed by atoms with Crippen LogP contribution in [-0.2, 0) is 0 Å². The number of hydrogen-bond acceptors (Lipinski definition) is 2. The molecule has 2 atom stereocenters. The first-order chi connectivity index (χ1) is 9.83. The van der Waals surface area contributed by atoms with Crippen molar-refractivity contribution in [3.8, 4) is 0 Å². The van der Waals surface area contributed by atoms with Gasteiger partial charge in [-0.2, -0.15) is 0 Å². The van der Waals surface area contributed by atoms with Gasteiger partial charge in [0.15, 0.2) is 0 Å². The van der Waals surface area contributed by atoms with Crippen LogP contribution in [0.15, 0.2) is 0 Å². The lowest BCUT2D eigenvalue weighted by Gasteiger charge is -2.34. The zero-order chi connectivity index (χ0) is 14.2. The highest BCUT2D eigenvalue weighted by atomic mass is 15.2. The van der Waals surface area contributed by atoms with Gasteiger partial charge in [-0.05, 0) is 50.6 Å². The number of nitrogens with zero attached hydrogens (tertiary/aromatic N) is 1. The summed E-state index contributed by atoms with van der Waals surface area (Å²) in [7, 11) is 0. The summed E-state index contributed by atoms with van der Waals surface area (Å²) in [5, 5.41) is 0. The van der Waals surface area contributed by atoms with Gasteiger partial charge in [0.25, 0.3) is 0 Å². The normalized spacial score (nSPS) is 28.2. The summed E-state index contributed by atoms with van der Waals surface area (Å²) in [6, 6.07) is 0.665. The first-order valence-electron chi connectivity index (χ1n) is 9.27. The molecule has 0 aromatic carbocycles. The number of hydrogen-bond donors (Lipinski definition) is 1. The molecule has 0 spiro atoms. The van der Waals surface area contributed by atoms with E-state index in [4.69, 9.17) is 5.73 Å². The summed E-state index contributed by atoms with van der Waals surface area (Å²) in [5.74, 6) is 1.95. The van der Waals surface area contributed by atoms with Crippen LogP contribution in [-0.4, -0.2) is 30.6 Å². The van der Waals surface area contributed by atoms with E-state index >= 15 is 0 Å². The monoisotopic (exact) mass is 280 g/mol. The van der Waals surface area contributed by atoms with Gasteiger partial charge in [-0.25, -0.2) is 0 Å². The van der Waals surface area contributed by atoms with Crippen LogP contribution in [0.2, 0.25) is 0 Å². The molecule has 0 bridgehead atoms. The Morgan fingerprint density at radius 3 is 2.40 bits per heavy atom. The van der Waals surface area contributed by atoms with Crippen molar-refractivity contribution in [3.63, 3.8) is 0 Å². The van der Waals surface area contributed by atoms with Crippen molar-refractivity contribution in [1.29, 1.82) is 0 Å².